The summed E-state index contributed by atoms with van der Waals surface area (Å²) in [5.41, 5.74) is 6.79. The number of anilines is 1. The van der Waals surface area contributed by atoms with E-state index in [2.05, 4.69) is 15.5 Å². The first kappa shape index (κ1) is 13.0. The minimum Gasteiger partial charge on any atom is -0.395 e. The van der Waals surface area contributed by atoms with E-state index in [1.54, 1.807) is 6.92 Å². The third-order valence-corrected chi connectivity index (χ3v) is 2.30. The zero-order valence-electron chi connectivity index (χ0n) is 10.2. The van der Waals surface area contributed by atoms with Crippen LogP contribution >= 0.6 is 0 Å². The lowest BCUT2D eigenvalue weighted by Gasteiger charge is -2.15. The van der Waals surface area contributed by atoms with Crippen LogP contribution in [0.15, 0.2) is 0 Å². The fourth-order valence-corrected chi connectivity index (χ4v) is 1.32. The maximum atomic E-state index is 11.9. The molecule has 0 atom stereocenters. The molecule has 94 valence electrons. The van der Waals surface area contributed by atoms with Crippen molar-refractivity contribution in [3.8, 4) is 0 Å². The summed E-state index contributed by atoms with van der Waals surface area (Å²) in [4.78, 5) is 24.5. The molecule has 0 spiro atoms. The van der Waals surface area contributed by atoms with Crippen LogP contribution in [0.2, 0.25) is 0 Å². The predicted molar refractivity (Wildman–Crippen MR) is 63.4 cm³/mol. The number of aromatic amines is 1. The largest absolute Gasteiger partial charge is 0.395 e. The molecule has 0 aliphatic heterocycles. The Hall–Kier alpha value is -2.05. The summed E-state index contributed by atoms with van der Waals surface area (Å²) in [5, 5.41) is 9.06. The molecule has 0 aliphatic rings. The van der Waals surface area contributed by atoms with Crippen molar-refractivity contribution in [2.24, 2.45) is 0 Å². The highest BCUT2D eigenvalue weighted by Gasteiger charge is 2.20. The summed E-state index contributed by atoms with van der Waals surface area (Å²) in [7, 11) is 1.53. The molecule has 4 N–H and O–H groups in total. The molecule has 0 bridgehead atoms. The zero-order chi connectivity index (χ0) is 13.0. The molecule has 0 aliphatic carbocycles. The molecule has 0 aromatic carbocycles. The Bertz CT molecular complexity index is 426. The van der Waals surface area contributed by atoms with Crippen LogP contribution in [0, 0.1) is 6.92 Å². The van der Waals surface area contributed by atoms with Gasteiger partial charge in [0.2, 0.25) is 5.91 Å². The Morgan fingerprint density at radius 1 is 1.53 bits per heavy atom. The SMILES string of the molecule is CCNC(=O)CN(C)C(=O)c1n[nH]c(C)c1N. The molecule has 7 heteroatoms. The maximum absolute atomic E-state index is 11.9. The van der Waals surface area contributed by atoms with Gasteiger partial charge in [0.25, 0.3) is 5.91 Å². The quantitative estimate of drug-likeness (QED) is 0.659. The van der Waals surface area contributed by atoms with Crippen LogP contribution in [0.4, 0.5) is 5.69 Å². The first-order valence-corrected chi connectivity index (χ1v) is 5.30. The van der Waals surface area contributed by atoms with Crippen molar-refractivity contribution < 1.29 is 9.59 Å². The fraction of sp³-hybridized carbons (Fsp3) is 0.500. The van der Waals surface area contributed by atoms with Crippen LogP contribution in [0.25, 0.3) is 0 Å². The second-order valence-electron chi connectivity index (χ2n) is 3.73. The molecule has 0 saturated heterocycles. The van der Waals surface area contributed by atoms with Crippen molar-refractivity contribution in [2.75, 3.05) is 25.9 Å². The van der Waals surface area contributed by atoms with E-state index >= 15 is 0 Å². The summed E-state index contributed by atoms with van der Waals surface area (Å²) in [6.07, 6.45) is 0. The minimum atomic E-state index is -0.377. The number of likely N-dealkylation sites (N-methyl/N-ethyl adjacent to an activating group) is 2. The van der Waals surface area contributed by atoms with Gasteiger partial charge in [-0.25, -0.2) is 0 Å². The molecular weight excluding hydrogens is 222 g/mol. The van der Waals surface area contributed by atoms with Crippen LogP contribution in [0.1, 0.15) is 23.1 Å². The van der Waals surface area contributed by atoms with Gasteiger partial charge in [-0.2, -0.15) is 5.10 Å². The van der Waals surface area contributed by atoms with Gasteiger partial charge in [0, 0.05) is 13.6 Å². The highest BCUT2D eigenvalue weighted by molar-refractivity contribution is 5.99. The number of nitrogens with one attached hydrogen (secondary N) is 2. The Kier molecular flexibility index (Phi) is 4.08. The number of aromatic nitrogens is 2. The van der Waals surface area contributed by atoms with Crippen molar-refractivity contribution in [1.82, 2.24) is 20.4 Å². The number of rotatable bonds is 4. The monoisotopic (exact) mass is 239 g/mol. The van der Waals surface area contributed by atoms with Gasteiger partial charge in [0.1, 0.15) is 0 Å². The van der Waals surface area contributed by atoms with Crippen molar-refractivity contribution >= 4 is 17.5 Å². The number of hydrogen-bond acceptors (Lipinski definition) is 4. The summed E-state index contributed by atoms with van der Waals surface area (Å²) in [6.45, 7) is 4.06. The molecule has 0 saturated carbocycles. The summed E-state index contributed by atoms with van der Waals surface area (Å²) < 4.78 is 0. The minimum absolute atomic E-state index is 0.0159. The molecule has 0 unspecified atom stereocenters. The topological polar surface area (TPSA) is 104 Å². The molecule has 1 heterocycles. The highest BCUT2D eigenvalue weighted by atomic mass is 16.2. The molecule has 2 amide bonds. The van der Waals surface area contributed by atoms with Gasteiger partial charge in [0.15, 0.2) is 5.69 Å². The van der Waals surface area contributed by atoms with Crippen molar-refractivity contribution in [1.29, 1.82) is 0 Å². The Morgan fingerprint density at radius 2 is 2.18 bits per heavy atom. The van der Waals surface area contributed by atoms with Crippen molar-refractivity contribution in [2.45, 2.75) is 13.8 Å². The second kappa shape index (κ2) is 5.33. The number of nitrogen functional groups attached to an aromatic ring is 1. The van der Waals surface area contributed by atoms with E-state index < -0.39 is 0 Å². The Morgan fingerprint density at radius 3 is 2.65 bits per heavy atom. The number of carbonyl (C=O) groups is 2. The van der Waals surface area contributed by atoms with E-state index in [0.717, 1.165) is 0 Å². The maximum Gasteiger partial charge on any atom is 0.276 e. The number of nitrogens with zero attached hydrogens (tertiary/aromatic N) is 2. The Balaban J connectivity index is 2.70. The summed E-state index contributed by atoms with van der Waals surface area (Å²) in [6, 6.07) is 0. The van der Waals surface area contributed by atoms with Crippen LogP contribution in [0.5, 0.6) is 0 Å². The van der Waals surface area contributed by atoms with Gasteiger partial charge in [-0.15, -0.1) is 0 Å². The number of nitrogens with two attached hydrogens (primary N) is 1. The van der Waals surface area contributed by atoms with Crippen LogP contribution in [-0.2, 0) is 4.79 Å². The molecule has 1 aromatic heterocycles. The van der Waals surface area contributed by atoms with Gasteiger partial charge in [-0.1, -0.05) is 0 Å². The van der Waals surface area contributed by atoms with Gasteiger partial charge in [-0.05, 0) is 13.8 Å². The van der Waals surface area contributed by atoms with E-state index in [4.69, 9.17) is 5.73 Å². The fourth-order valence-electron chi connectivity index (χ4n) is 1.32. The molecule has 17 heavy (non-hydrogen) atoms. The average molecular weight is 239 g/mol. The lowest BCUT2D eigenvalue weighted by molar-refractivity contribution is -0.121. The highest BCUT2D eigenvalue weighted by Crippen LogP contribution is 2.13. The molecular formula is C10H17N5O2. The molecule has 0 radical (unpaired) electrons. The van der Waals surface area contributed by atoms with Crippen molar-refractivity contribution in [3.63, 3.8) is 0 Å². The smallest absolute Gasteiger partial charge is 0.276 e. The number of carbonyl (C=O) groups excluding carboxylic acids is 2. The summed E-state index contributed by atoms with van der Waals surface area (Å²) in [5.74, 6) is -0.590. The molecule has 1 aromatic rings. The van der Waals surface area contributed by atoms with Crippen LogP contribution in [0.3, 0.4) is 0 Å². The van der Waals surface area contributed by atoms with Gasteiger partial charge < -0.3 is 16.0 Å². The van der Waals surface area contributed by atoms with E-state index in [0.29, 0.717) is 17.9 Å². The number of aryl methyl sites for hydroxylation is 1. The second-order valence-corrected chi connectivity index (χ2v) is 3.73. The Labute approximate surface area is 99.4 Å². The van der Waals surface area contributed by atoms with Gasteiger partial charge in [0.05, 0.1) is 17.9 Å². The van der Waals surface area contributed by atoms with E-state index in [-0.39, 0.29) is 24.1 Å². The molecule has 1 rings (SSSR count). The zero-order valence-corrected chi connectivity index (χ0v) is 10.2. The van der Waals surface area contributed by atoms with Crippen LogP contribution < -0.4 is 11.1 Å². The average Bonchev–Trinajstić information content (AvgIpc) is 2.59. The van der Waals surface area contributed by atoms with E-state index in [1.165, 1.54) is 11.9 Å². The third kappa shape index (κ3) is 2.96. The van der Waals surface area contributed by atoms with E-state index in [9.17, 15) is 9.59 Å². The molecule has 7 nitrogen and oxygen atoms in total. The standard InChI is InChI=1S/C10H17N5O2/c1-4-12-7(16)5-15(3)10(17)9-8(11)6(2)13-14-9/h4-5,11H2,1-3H3,(H,12,16)(H,13,14). The van der Waals surface area contributed by atoms with Crippen molar-refractivity contribution in [3.05, 3.63) is 11.4 Å². The van der Waals surface area contributed by atoms with Gasteiger partial charge >= 0.3 is 0 Å². The number of hydrogen-bond donors (Lipinski definition) is 3. The molecule has 0 fully saturated rings. The van der Waals surface area contributed by atoms with Gasteiger partial charge in [-0.3, -0.25) is 14.7 Å². The normalized spacial score (nSPS) is 10.1. The number of H-pyrrole nitrogens is 1. The number of amides is 2. The summed E-state index contributed by atoms with van der Waals surface area (Å²) >= 11 is 0. The predicted octanol–water partition coefficient (Wildman–Crippen LogP) is -0.492. The third-order valence-electron chi connectivity index (χ3n) is 2.30. The lowest BCUT2D eigenvalue weighted by Crippen LogP contribution is -2.38. The first-order chi connectivity index (χ1) is 7.97. The first-order valence-electron chi connectivity index (χ1n) is 5.30. The van der Waals surface area contributed by atoms with Crippen LogP contribution in [-0.4, -0.2) is 47.0 Å². The van der Waals surface area contributed by atoms with E-state index in [1.807, 2.05) is 6.92 Å². The lowest BCUT2D eigenvalue weighted by atomic mass is 10.3.